The molecule has 1 amide bonds. The Morgan fingerprint density at radius 2 is 2.00 bits per heavy atom. The van der Waals surface area contributed by atoms with Crippen LogP contribution in [0.4, 0.5) is 0 Å². The molecule has 1 aromatic rings. The topological polar surface area (TPSA) is 56.8 Å². The molecule has 0 aliphatic carbocycles. The van der Waals surface area contributed by atoms with Gasteiger partial charge in [-0.15, -0.1) is 0 Å². The monoisotopic (exact) mass is 253 g/mol. The predicted molar refractivity (Wildman–Crippen MR) is 67.9 cm³/mol. The normalized spacial score (nSPS) is 11.8. The van der Waals surface area contributed by atoms with Crippen molar-refractivity contribution in [1.29, 1.82) is 0 Å². The Morgan fingerprint density at radius 3 is 2.56 bits per heavy atom. The van der Waals surface area contributed by atoms with Gasteiger partial charge in [0, 0.05) is 19.2 Å². The summed E-state index contributed by atoms with van der Waals surface area (Å²) in [5, 5.41) is 2.78. The molecule has 0 bridgehead atoms. The van der Waals surface area contributed by atoms with Crippen LogP contribution in [0.25, 0.3) is 0 Å². The second-order valence-electron chi connectivity index (χ2n) is 3.77. The highest BCUT2D eigenvalue weighted by molar-refractivity contribution is 5.80. The van der Waals surface area contributed by atoms with E-state index in [1.165, 1.54) is 7.11 Å². The molecule has 0 spiro atoms. The average molecular weight is 253 g/mol. The molecule has 0 aliphatic rings. The van der Waals surface area contributed by atoms with Gasteiger partial charge in [0.15, 0.2) is 0 Å². The van der Waals surface area contributed by atoms with Crippen LogP contribution in [0.1, 0.15) is 12.5 Å². The molecule has 0 aromatic heterocycles. The van der Waals surface area contributed by atoms with Crippen LogP contribution in [0.5, 0.6) is 11.5 Å². The first-order chi connectivity index (χ1) is 8.62. The van der Waals surface area contributed by atoms with Gasteiger partial charge in [-0.1, -0.05) is 0 Å². The number of hydrogen-bond acceptors (Lipinski definition) is 4. The van der Waals surface area contributed by atoms with Crippen LogP contribution in [0.15, 0.2) is 18.2 Å². The molecule has 1 unspecified atom stereocenters. The van der Waals surface area contributed by atoms with Gasteiger partial charge in [0.25, 0.3) is 0 Å². The molecule has 0 fully saturated rings. The van der Waals surface area contributed by atoms with Gasteiger partial charge < -0.3 is 19.5 Å². The Bertz CT molecular complexity index is 406. The molecule has 1 rings (SSSR count). The molecule has 0 saturated heterocycles. The van der Waals surface area contributed by atoms with Crippen molar-refractivity contribution in [2.75, 3.05) is 21.3 Å². The minimum absolute atomic E-state index is 0.164. The minimum Gasteiger partial charge on any atom is -0.497 e. The number of ether oxygens (including phenoxy) is 3. The van der Waals surface area contributed by atoms with E-state index in [-0.39, 0.29) is 5.91 Å². The van der Waals surface area contributed by atoms with Crippen LogP contribution in [-0.2, 0) is 16.1 Å². The van der Waals surface area contributed by atoms with Gasteiger partial charge in [-0.2, -0.15) is 0 Å². The second-order valence-corrected chi connectivity index (χ2v) is 3.77. The van der Waals surface area contributed by atoms with Gasteiger partial charge in [0.05, 0.1) is 14.2 Å². The predicted octanol–water partition coefficient (Wildman–Crippen LogP) is 1.35. The number of benzene rings is 1. The van der Waals surface area contributed by atoms with Gasteiger partial charge in [0.2, 0.25) is 5.91 Å². The van der Waals surface area contributed by atoms with Crippen molar-refractivity contribution in [1.82, 2.24) is 5.32 Å². The van der Waals surface area contributed by atoms with E-state index in [1.54, 1.807) is 27.2 Å². The summed E-state index contributed by atoms with van der Waals surface area (Å²) in [6.45, 7) is 2.06. The van der Waals surface area contributed by atoms with E-state index >= 15 is 0 Å². The third-order valence-corrected chi connectivity index (χ3v) is 2.66. The molecule has 0 radical (unpaired) electrons. The van der Waals surface area contributed by atoms with Gasteiger partial charge in [-0.25, -0.2) is 0 Å². The fourth-order valence-electron chi connectivity index (χ4n) is 1.45. The van der Waals surface area contributed by atoms with Gasteiger partial charge in [0.1, 0.15) is 17.6 Å². The average Bonchev–Trinajstić information content (AvgIpc) is 2.43. The molecule has 0 heterocycles. The molecule has 0 saturated carbocycles. The Labute approximate surface area is 107 Å². The number of rotatable bonds is 6. The summed E-state index contributed by atoms with van der Waals surface area (Å²) in [4.78, 5) is 11.6. The van der Waals surface area contributed by atoms with Crippen molar-refractivity contribution < 1.29 is 19.0 Å². The third kappa shape index (κ3) is 3.63. The van der Waals surface area contributed by atoms with E-state index in [2.05, 4.69) is 5.32 Å². The zero-order valence-corrected chi connectivity index (χ0v) is 11.1. The number of carbonyl (C=O) groups is 1. The van der Waals surface area contributed by atoms with Crippen LogP contribution >= 0.6 is 0 Å². The Balaban J connectivity index is 2.73. The zero-order chi connectivity index (χ0) is 13.5. The Hall–Kier alpha value is -1.75. The lowest BCUT2D eigenvalue weighted by Crippen LogP contribution is -2.33. The highest BCUT2D eigenvalue weighted by Gasteiger charge is 2.12. The summed E-state index contributed by atoms with van der Waals surface area (Å²) in [5.41, 5.74) is 0.855. The summed E-state index contributed by atoms with van der Waals surface area (Å²) in [7, 11) is 4.68. The van der Waals surface area contributed by atoms with E-state index < -0.39 is 6.10 Å². The van der Waals surface area contributed by atoms with Crippen LogP contribution in [0, 0.1) is 0 Å². The van der Waals surface area contributed by atoms with Crippen molar-refractivity contribution in [2.24, 2.45) is 0 Å². The lowest BCUT2D eigenvalue weighted by atomic mass is 10.2. The van der Waals surface area contributed by atoms with Gasteiger partial charge in [-0.05, 0) is 25.1 Å². The first kappa shape index (κ1) is 14.3. The lowest BCUT2D eigenvalue weighted by molar-refractivity contribution is -0.130. The highest BCUT2D eigenvalue weighted by Crippen LogP contribution is 2.23. The van der Waals surface area contributed by atoms with E-state index in [1.807, 2.05) is 12.1 Å². The SMILES string of the molecule is COc1ccc(OC)c(CNC(=O)C(C)OC)c1. The molecule has 5 heteroatoms. The highest BCUT2D eigenvalue weighted by atomic mass is 16.5. The van der Waals surface area contributed by atoms with Crippen molar-refractivity contribution in [3.05, 3.63) is 23.8 Å². The van der Waals surface area contributed by atoms with Crippen molar-refractivity contribution in [3.63, 3.8) is 0 Å². The third-order valence-electron chi connectivity index (χ3n) is 2.66. The standard InChI is InChI=1S/C13H19NO4/c1-9(16-2)13(15)14-8-10-7-11(17-3)5-6-12(10)18-4/h5-7,9H,8H2,1-4H3,(H,14,15). The summed E-state index contributed by atoms with van der Waals surface area (Å²) in [5.74, 6) is 1.27. The smallest absolute Gasteiger partial charge is 0.249 e. The first-order valence-electron chi connectivity index (χ1n) is 5.63. The summed E-state index contributed by atoms with van der Waals surface area (Å²) in [6.07, 6.45) is -0.471. The maximum absolute atomic E-state index is 11.6. The fraction of sp³-hybridized carbons (Fsp3) is 0.462. The largest absolute Gasteiger partial charge is 0.497 e. The Kier molecular flexibility index (Phi) is 5.45. The quantitative estimate of drug-likeness (QED) is 0.831. The first-order valence-corrected chi connectivity index (χ1v) is 5.63. The molecule has 1 N–H and O–H groups in total. The van der Waals surface area contributed by atoms with Crippen molar-refractivity contribution in [2.45, 2.75) is 19.6 Å². The number of amides is 1. The van der Waals surface area contributed by atoms with Crippen molar-refractivity contribution in [3.8, 4) is 11.5 Å². The molecular weight excluding hydrogens is 234 g/mol. The molecule has 1 aromatic carbocycles. The number of carbonyl (C=O) groups excluding carboxylic acids is 1. The number of nitrogens with one attached hydrogen (secondary N) is 1. The van der Waals surface area contributed by atoms with Gasteiger partial charge >= 0.3 is 0 Å². The zero-order valence-electron chi connectivity index (χ0n) is 11.1. The van der Waals surface area contributed by atoms with Crippen LogP contribution in [-0.4, -0.2) is 33.3 Å². The van der Waals surface area contributed by atoms with Crippen LogP contribution in [0.2, 0.25) is 0 Å². The summed E-state index contributed by atoms with van der Waals surface area (Å²) >= 11 is 0. The summed E-state index contributed by atoms with van der Waals surface area (Å²) in [6, 6.07) is 5.44. The second kappa shape index (κ2) is 6.86. The molecule has 5 nitrogen and oxygen atoms in total. The maximum Gasteiger partial charge on any atom is 0.249 e. The molecule has 18 heavy (non-hydrogen) atoms. The molecule has 100 valence electrons. The minimum atomic E-state index is -0.471. The van der Waals surface area contributed by atoms with E-state index in [0.717, 1.165) is 11.3 Å². The van der Waals surface area contributed by atoms with E-state index in [0.29, 0.717) is 12.3 Å². The van der Waals surface area contributed by atoms with Gasteiger partial charge in [-0.3, -0.25) is 4.79 Å². The van der Waals surface area contributed by atoms with E-state index in [9.17, 15) is 4.79 Å². The Morgan fingerprint density at radius 1 is 1.28 bits per heavy atom. The molecule has 0 aliphatic heterocycles. The van der Waals surface area contributed by atoms with Crippen LogP contribution < -0.4 is 14.8 Å². The molecule has 1 atom stereocenters. The van der Waals surface area contributed by atoms with Crippen molar-refractivity contribution >= 4 is 5.91 Å². The number of methoxy groups -OCH3 is 3. The maximum atomic E-state index is 11.6. The number of hydrogen-bond donors (Lipinski definition) is 1. The van der Waals surface area contributed by atoms with E-state index in [4.69, 9.17) is 14.2 Å². The lowest BCUT2D eigenvalue weighted by Gasteiger charge is -2.13. The molecular formula is C13H19NO4. The summed E-state index contributed by atoms with van der Waals surface area (Å²) < 4.78 is 15.3. The van der Waals surface area contributed by atoms with Crippen LogP contribution in [0.3, 0.4) is 0 Å². The fourth-order valence-corrected chi connectivity index (χ4v) is 1.45.